The predicted molar refractivity (Wildman–Crippen MR) is 103 cm³/mol. The molecule has 0 heterocycles. The highest BCUT2D eigenvalue weighted by atomic mass is 79.9. The zero-order chi connectivity index (χ0) is 18.9. The Kier molecular flexibility index (Phi) is 6.76. The molecular formula is C18H15BrN4O3. The highest BCUT2D eigenvalue weighted by Crippen LogP contribution is 2.28. The Bertz CT molecular complexity index is 890. The number of benzene rings is 2. The van der Waals surface area contributed by atoms with E-state index in [1.165, 1.54) is 0 Å². The number of para-hydroxylation sites is 1. The third-order valence-corrected chi connectivity index (χ3v) is 3.81. The van der Waals surface area contributed by atoms with Crippen LogP contribution < -0.4 is 15.4 Å². The first-order valence-corrected chi connectivity index (χ1v) is 8.24. The van der Waals surface area contributed by atoms with Gasteiger partial charge in [0.25, 0.3) is 6.20 Å². The van der Waals surface area contributed by atoms with Crippen molar-refractivity contribution in [2.45, 2.75) is 0 Å². The molecule has 0 bridgehead atoms. The van der Waals surface area contributed by atoms with Gasteiger partial charge in [0.2, 0.25) is 0 Å². The first kappa shape index (κ1) is 19.0. The standard InChI is InChI=1S/C18H15BrN4O3/c1-2-9-26-17-10-13(11-20)7-8-16(17)22-18(12-23(24)25)21-15-6-4-3-5-14(15)19/h2-8,10,12,21-22H,1,9H2. The number of nitrogens with zero attached hydrogens (tertiary/aromatic N) is 2. The Hall–Kier alpha value is -3.31. The van der Waals surface area contributed by atoms with Crippen LogP contribution in [0.15, 0.2) is 71.6 Å². The fourth-order valence-electron chi connectivity index (χ4n) is 2.02. The molecule has 0 radical (unpaired) electrons. The van der Waals surface area contributed by atoms with Crippen molar-refractivity contribution in [3.05, 3.63) is 87.3 Å². The molecule has 8 heteroatoms. The number of anilines is 2. The fraction of sp³-hybridized carbons (Fsp3) is 0.0556. The maximum absolute atomic E-state index is 11.0. The molecule has 0 saturated carbocycles. The molecule has 0 aliphatic heterocycles. The van der Waals surface area contributed by atoms with Gasteiger partial charge in [0.05, 0.1) is 27.9 Å². The van der Waals surface area contributed by atoms with E-state index in [1.54, 1.807) is 36.4 Å². The molecule has 0 aliphatic rings. The van der Waals surface area contributed by atoms with E-state index in [4.69, 9.17) is 10.00 Å². The summed E-state index contributed by atoms with van der Waals surface area (Å²) in [5, 5.41) is 25.9. The minimum absolute atomic E-state index is 0.134. The van der Waals surface area contributed by atoms with Gasteiger partial charge in [-0.1, -0.05) is 24.8 Å². The van der Waals surface area contributed by atoms with Crippen molar-refractivity contribution in [3.8, 4) is 11.8 Å². The van der Waals surface area contributed by atoms with Crippen LogP contribution in [0.3, 0.4) is 0 Å². The molecule has 0 atom stereocenters. The molecule has 0 amide bonds. The first-order chi connectivity index (χ1) is 12.5. The first-order valence-electron chi connectivity index (χ1n) is 7.45. The van der Waals surface area contributed by atoms with E-state index >= 15 is 0 Å². The summed E-state index contributed by atoms with van der Waals surface area (Å²) in [4.78, 5) is 10.4. The van der Waals surface area contributed by atoms with Crippen LogP contribution in [0.4, 0.5) is 11.4 Å². The number of nitrogens with one attached hydrogen (secondary N) is 2. The van der Waals surface area contributed by atoms with Crippen LogP contribution in [0, 0.1) is 21.4 Å². The van der Waals surface area contributed by atoms with E-state index in [2.05, 4.69) is 33.1 Å². The van der Waals surface area contributed by atoms with Gasteiger partial charge in [0.15, 0.2) is 5.82 Å². The summed E-state index contributed by atoms with van der Waals surface area (Å²) in [6, 6.07) is 14.0. The lowest BCUT2D eigenvalue weighted by molar-refractivity contribution is -0.403. The van der Waals surface area contributed by atoms with Crippen LogP contribution in [0.1, 0.15) is 5.56 Å². The molecule has 0 aromatic heterocycles. The number of nitro groups is 1. The van der Waals surface area contributed by atoms with Gasteiger partial charge in [-0.3, -0.25) is 10.1 Å². The topological polar surface area (TPSA) is 100 Å². The van der Waals surface area contributed by atoms with E-state index in [1.807, 2.05) is 18.2 Å². The fourth-order valence-corrected chi connectivity index (χ4v) is 2.40. The average Bonchev–Trinajstić information content (AvgIpc) is 2.62. The van der Waals surface area contributed by atoms with Crippen molar-refractivity contribution in [2.24, 2.45) is 0 Å². The molecule has 132 valence electrons. The highest BCUT2D eigenvalue weighted by Gasteiger charge is 2.11. The van der Waals surface area contributed by atoms with Gasteiger partial charge in [-0.05, 0) is 40.2 Å². The lowest BCUT2D eigenvalue weighted by Gasteiger charge is -2.16. The normalized spacial score (nSPS) is 10.5. The lowest BCUT2D eigenvalue weighted by atomic mass is 10.2. The molecule has 2 N–H and O–H groups in total. The molecule has 2 rings (SSSR count). The minimum atomic E-state index is -0.569. The van der Waals surface area contributed by atoms with Crippen molar-refractivity contribution < 1.29 is 9.66 Å². The van der Waals surface area contributed by atoms with Crippen molar-refractivity contribution in [3.63, 3.8) is 0 Å². The minimum Gasteiger partial charge on any atom is -0.487 e. The van der Waals surface area contributed by atoms with Crippen LogP contribution in [-0.4, -0.2) is 11.5 Å². The molecule has 0 aliphatic carbocycles. The molecule has 2 aromatic rings. The van der Waals surface area contributed by atoms with E-state index in [0.717, 1.165) is 10.7 Å². The zero-order valence-corrected chi connectivity index (χ0v) is 15.2. The van der Waals surface area contributed by atoms with Crippen molar-refractivity contribution >= 4 is 27.3 Å². The molecule has 7 nitrogen and oxygen atoms in total. The van der Waals surface area contributed by atoms with Crippen LogP contribution in [0.25, 0.3) is 0 Å². The quantitative estimate of drug-likeness (QED) is 0.375. The molecule has 26 heavy (non-hydrogen) atoms. The molecule has 0 fully saturated rings. The SMILES string of the molecule is C=CCOc1cc(C#N)ccc1NC(=C[N+](=O)[O-])Nc1ccccc1Br. The van der Waals surface area contributed by atoms with E-state index in [-0.39, 0.29) is 12.4 Å². The number of hydrogen-bond acceptors (Lipinski definition) is 6. The van der Waals surface area contributed by atoms with Crippen LogP contribution in [0.5, 0.6) is 5.75 Å². The van der Waals surface area contributed by atoms with Crippen molar-refractivity contribution in [1.29, 1.82) is 5.26 Å². The van der Waals surface area contributed by atoms with Crippen LogP contribution in [-0.2, 0) is 0 Å². The number of nitriles is 1. The van der Waals surface area contributed by atoms with Crippen LogP contribution in [0.2, 0.25) is 0 Å². The Morgan fingerprint density at radius 3 is 2.69 bits per heavy atom. The van der Waals surface area contributed by atoms with Gasteiger partial charge in [0, 0.05) is 10.5 Å². The monoisotopic (exact) mass is 414 g/mol. The van der Waals surface area contributed by atoms with E-state index < -0.39 is 4.92 Å². The Labute approximate surface area is 158 Å². The summed E-state index contributed by atoms with van der Waals surface area (Å²) in [5.41, 5.74) is 1.53. The molecule has 0 unspecified atom stereocenters. The summed E-state index contributed by atoms with van der Waals surface area (Å²) >= 11 is 3.38. The molecule has 0 spiro atoms. The van der Waals surface area contributed by atoms with Crippen molar-refractivity contribution in [1.82, 2.24) is 0 Å². The van der Waals surface area contributed by atoms with Gasteiger partial charge in [-0.15, -0.1) is 0 Å². The summed E-state index contributed by atoms with van der Waals surface area (Å²) in [5.74, 6) is 0.516. The summed E-state index contributed by atoms with van der Waals surface area (Å²) in [6.45, 7) is 3.82. The van der Waals surface area contributed by atoms with Gasteiger partial charge < -0.3 is 15.4 Å². The van der Waals surface area contributed by atoms with Crippen molar-refractivity contribution in [2.75, 3.05) is 17.2 Å². The van der Waals surface area contributed by atoms with Crippen LogP contribution >= 0.6 is 15.9 Å². The van der Waals surface area contributed by atoms with Gasteiger partial charge >= 0.3 is 0 Å². The smallest absolute Gasteiger partial charge is 0.274 e. The molecule has 0 saturated heterocycles. The highest BCUT2D eigenvalue weighted by molar-refractivity contribution is 9.10. The Morgan fingerprint density at radius 2 is 2.04 bits per heavy atom. The van der Waals surface area contributed by atoms with Gasteiger partial charge in [0.1, 0.15) is 12.4 Å². The molecular weight excluding hydrogens is 400 g/mol. The second-order valence-corrected chi connectivity index (χ2v) is 5.83. The molecule has 2 aromatic carbocycles. The Morgan fingerprint density at radius 1 is 1.31 bits per heavy atom. The van der Waals surface area contributed by atoms with E-state index in [9.17, 15) is 10.1 Å². The largest absolute Gasteiger partial charge is 0.487 e. The third-order valence-electron chi connectivity index (χ3n) is 3.11. The number of rotatable bonds is 8. The number of halogens is 1. The third kappa shape index (κ3) is 5.36. The predicted octanol–water partition coefficient (Wildman–Crippen LogP) is 4.49. The zero-order valence-electron chi connectivity index (χ0n) is 13.6. The van der Waals surface area contributed by atoms with E-state index in [0.29, 0.717) is 22.7 Å². The summed E-state index contributed by atoms with van der Waals surface area (Å²) < 4.78 is 6.29. The lowest BCUT2D eigenvalue weighted by Crippen LogP contribution is -2.13. The Balaban J connectivity index is 2.34. The summed E-state index contributed by atoms with van der Waals surface area (Å²) in [6.07, 6.45) is 2.38. The maximum atomic E-state index is 11.0. The maximum Gasteiger partial charge on any atom is 0.274 e. The summed E-state index contributed by atoms with van der Waals surface area (Å²) in [7, 11) is 0. The second-order valence-electron chi connectivity index (χ2n) is 4.98. The van der Waals surface area contributed by atoms with Gasteiger partial charge in [-0.25, -0.2) is 0 Å². The van der Waals surface area contributed by atoms with Gasteiger partial charge in [-0.2, -0.15) is 5.26 Å². The number of hydrogen-bond donors (Lipinski definition) is 2. The second kappa shape index (κ2) is 9.25. The average molecular weight is 415 g/mol. The number of ether oxygens (including phenoxy) is 1.